The Morgan fingerprint density at radius 3 is 3.00 bits per heavy atom. The minimum absolute atomic E-state index is 0.00318. The molecule has 1 amide bonds. The first-order chi connectivity index (χ1) is 6.11. The average molecular weight is 204 g/mol. The molecule has 1 aliphatic rings. The molecule has 76 valence electrons. The van der Waals surface area contributed by atoms with Crippen LogP contribution < -0.4 is 5.43 Å². The van der Waals surface area contributed by atoms with Gasteiger partial charge in [0.15, 0.2) is 0 Å². The molecule has 0 radical (unpaired) electrons. The molecule has 4 nitrogen and oxygen atoms in total. The lowest BCUT2D eigenvalue weighted by molar-refractivity contribution is -0.134. The molecule has 1 saturated heterocycles. The lowest BCUT2D eigenvalue weighted by Gasteiger charge is -2.40. The maximum absolute atomic E-state index is 11.3. The quantitative estimate of drug-likeness (QED) is 0.689. The number of hydrogen-bond donors (Lipinski definition) is 2. The van der Waals surface area contributed by atoms with Crippen LogP contribution in [-0.2, 0) is 4.79 Å². The van der Waals surface area contributed by atoms with Crippen molar-refractivity contribution < 1.29 is 9.90 Å². The van der Waals surface area contributed by atoms with Crippen LogP contribution >= 0.6 is 11.8 Å². The molecule has 1 atom stereocenters. The highest BCUT2D eigenvalue weighted by atomic mass is 32.2. The van der Waals surface area contributed by atoms with Gasteiger partial charge in [-0.25, -0.2) is 5.43 Å². The van der Waals surface area contributed by atoms with Gasteiger partial charge in [-0.15, -0.1) is 11.8 Å². The third-order valence-corrected chi connectivity index (χ3v) is 3.59. The molecule has 2 N–H and O–H groups in total. The van der Waals surface area contributed by atoms with Crippen LogP contribution in [0.5, 0.6) is 0 Å². The molecule has 13 heavy (non-hydrogen) atoms. The molecular weight excluding hydrogens is 188 g/mol. The Kier molecular flexibility index (Phi) is 3.58. The molecule has 0 aromatic carbocycles. The van der Waals surface area contributed by atoms with Gasteiger partial charge in [0, 0.05) is 0 Å². The summed E-state index contributed by atoms with van der Waals surface area (Å²) in [5.74, 6) is 0.544. The monoisotopic (exact) mass is 204 g/mol. The maximum Gasteiger partial charge on any atom is 0.246 e. The van der Waals surface area contributed by atoms with Crippen LogP contribution in [0.2, 0.25) is 0 Å². The lowest BCUT2D eigenvalue weighted by Crippen LogP contribution is -2.58. The molecular formula is C8H16N2O2S. The lowest BCUT2D eigenvalue weighted by atomic mass is 10.2. The highest BCUT2D eigenvalue weighted by Crippen LogP contribution is 2.29. The van der Waals surface area contributed by atoms with Crippen LogP contribution in [-0.4, -0.2) is 39.8 Å². The predicted octanol–water partition coefficient (Wildman–Crippen LogP) is 0.185. The predicted molar refractivity (Wildman–Crippen MR) is 53.1 cm³/mol. The number of aliphatic hydroxyl groups excluding tert-OH is 1. The van der Waals surface area contributed by atoms with Crippen molar-refractivity contribution in [3.8, 4) is 0 Å². The molecule has 0 spiro atoms. The van der Waals surface area contributed by atoms with E-state index in [1.165, 1.54) is 5.01 Å². The summed E-state index contributed by atoms with van der Waals surface area (Å²) in [4.78, 5) is 11.3. The molecule has 1 aliphatic heterocycles. The summed E-state index contributed by atoms with van der Waals surface area (Å²) < 4.78 is 0. The molecule has 0 unspecified atom stereocenters. The van der Waals surface area contributed by atoms with Gasteiger partial charge in [0.05, 0.1) is 23.8 Å². The van der Waals surface area contributed by atoms with Gasteiger partial charge in [0.2, 0.25) is 5.91 Å². The summed E-state index contributed by atoms with van der Waals surface area (Å²) >= 11 is 1.62. The van der Waals surface area contributed by atoms with Crippen molar-refractivity contribution in [2.24, 2.45) is 0 Å². The number of hydrazine groups is 1. The first-order valence-electron chi connectivity index (χ1n) is 4.44. The molecule has 0 aliphatic carbocycles. The fourth-order valence-electron chi connectivity index (χ4n) is 1.14. The zero-order valence-electron chi connectivity index (χ0n) is 8.04. The SMILES string of the molecule is CC[C@]1(C)NN(CCO)C(=O)CS1. The number of β-amino-alcohol motifs (C(OH)–C–C–N with tert-alkyl or cyclic N) is 1. The second-order valence-corrected chi connectivity index (χ2v) is 4.73. The summed E-state index contributed by atoms with van der Waals surface area (Å²) in [5.41, 5.74) is 3.12. The number of amides is 1. The number of thioether (sulfide) groups is 1. The fourth-order valence-corrected chi connectivity index (χ4v) is 2.12. The molecule has 0 saturated carbocycles. The van der Waals surface area contributed by atoms with Crippen molar-refractivity contribution in [2.45, 2.75) is 25.1 Å². The smallest absolute Gasteiger partial charge is 0.246 e. The van der Waals surface area contributed by atoms with E-state index in [0.717, 1.165) is 6.42 Å². The standard InChI is InChI=1S/C8H16N2O2S/c1-3-8(2)9-10(4-5-11)7(12)6-13-8/h9,11H,3-6H2,1-2H3/t8-/m1/s1. The van der Waals surface area contributed by atoms with E-state index >= 15 is 0 Å². The number of aliphatic hydroxyl groups is 1. The van der Waals surface area contributed by atoms with Crippen molar-refractivity contribution in [3.63, 3.8) is 0 Å². The first kappa shape index (κ1) is 10.8. The molecule has 1 rings (SSSR count). The van der Waals surface area contributed by atoms with E-state index in [1.807, 2.05) is 0 Å². The van der Waals surface area contributed by atoms with Crippen LogP contribution in [0.1, 0.15) is 20.3 Å². The molecule has 1 fully saturated rings. The third kappa shape index (κ3) is 2.59. The Morgan fingerprint density at radius 1 is 1.77 bits per heavy atom. The van der Waals surface area contributed by atoms with Gasteiger partial charge < -0.3 is 5.11 Å². The first-order valence-corrected chi connectivity index (χ1v) is 5.43. The van der Waals surface area contributed by atoms with Gasteiger partial charge in [-0.05, 0) is 13.3 Å². The van der Waals surface area contributed by atoms with Gasteiger partial charge in [-0.1, -0.05) is 6.92 Å². The van der Waals surface area contributed by atoms with E-state index in [4.69, 9.17) is 5.11 Å². The van der Waals surface area contributed by atoms with Crippen molar-refractivity contribution >= 4 is 17.7 Å². The Hall–Kier alpha value is -0.260. The van der Waals surface area contributed by atoms with Crippen molar-refractivity contribution in [3.05, 3.63) is 0 Å². The topological polar surface area (TPSA) is 52.6 Å². The third-order valence-electron chi connectivity index (χ3n) is 2.19. The van der Waals surface area contributed by atoms with Crippen LogP contribution in [0, 0.1) is 0 Å². The minimum Gasteiger partial charge on any atom is -0.394 e. The van der Waals surface area contributed by atoms with Crippen LogP contribution in [0.4, 0.5) is 0 Å². The summed E-state index contributed by atoms with van der Waals surface area (Å²) in [6, 6.07) is 0. The highest BCUT2D eigenvalue weighted by molar-refractivity contribution is 8.01. The zero-order valence-corrected chi connectivity index (χ0v) is 8.86. The average Bonchev–Trinajstić information content (AvgIpc) is 2.12. The van der Waals surface area contributed by atoms with E-state index in [-0.39, 0.29) is 17.4 Å². The molecule has 5 heteroatoms. The fraction of sp³-hybridized carbons (Fsp3) is 0.875. The van der Waals surface area contributed by atoms with E-state index in [0.29, 0.717) is 12.3 Å². The summed E-state index contributed by atoms with van der Waals surface area (Å²) in [5, 5.41) is 10.3. The Bertz CT molecular complexity index is 201. The van der Waals surface area contributed by atoms with Crippen LogP contribution in [0.15, 0.2) is 0 Å². The van der Waals surface area contributed by atoms with Crippen molar-refractivity contribution in [1.82, 2.24) is 10.4 Å². The van der Waals surface area contributed by atoms with E-state index in [1.54, 1.807) is 11.8 Å². The largest absolute Gasteiger partial charge is 0.394 e. The van der Waals surface area contributed by atoms with Gasteiger partial charge in [0.25, 0.3) is 0 Å². The molecule has 0 aromatic heterocycles. The number of nitrogens with zero attached hydrogens (tertiary/aromatic N) is 1. The summed E-state index contributed by atoms with van der Waals surface area (Å²) in [7, 11) is 0. The zero-order chi connectivity index (χ0) is 9.90. The number of rotatable bonds is 3. The highest BCUT2D eigenvalue weighted by Gasteiger charge is 2.33. The van der Waals surface area contributed by atoms with E-state index in [9.17, 15) is 4.79 Å². The Morgan fingerprint density at radius 2 is 2.46 bits per heavy atom. The van der Waals surface area contributed by atoms with E-state index < -0.39 is 0 Å². The van der Waals surface area contributed by atoms with Gasteiger partial charge in [0.1, 0.15) is 0 Å². The second-order valence-electron chi connectivity index (χ2n) is 3.25. The number of hydrogen-bond acceptors (Lipinski definition) is 4. The van der Waals surface area contributed by atoms with Crippen LogP contribution in [0.3, 0.4) is 0 Å². The Labute approximate surface area is 82.6 Å². The molecule has 0 aromatic rings. The normalized spacial score (nSPS) is 29.5. The second kappa shape index (κ2) is 4.30. The Balaban J connectivity index is 2.57. The van der Waals surface area contributed by atoms with Crippen molar-refractivity contribution in [2.75, 3.05) is 18.9 Å². The minimum atomic E-state index is -0.0664. The molecule has 0 bridgehead atoms. The number of carbonyl (C=O) groups excluding carboxylic acids is 1. The van der Waals surface area contributed by atoms with Crippen LogP contribution in [0.25, 0.3) is 0 Å². The van der Waals surface area contributed by atoms with Gasteiger partial charge in [-0.2, -0.15) is 0 Å². The van der Waals surface area contributed by atoms with Crippen molar-refractivity contribution in [1.29, 1.82) is 0 Å². The maximum atomic E-state index is 11.3. The van der Waals surface area contributed by atoms with Gasteiger partial charge >= 0.3 is 0 Å². The van der Waals surface area contributed by atoms with E-state index in [2.05, 4.69) is 19.3 Å². The van der Waals surface area contributed by atoms with Gasteiger partial charge in [-0.3, -0.25) is 9.80 Å². The number of nitrogens with one attached hydrogen (secondary N) is 1. The summed E-state index contributed by atoms with van der Waals surface area (Å²) in [6.45, 7) is 4.51. The number of carbonyl (C=O) groups is 1. The summed E-state index contributed by atoms with van der Waals surface area (Å²) in [6.07, 6.45) is 0.951. The molecule has 1 heterocycles.